The summed E-state index contributed by atoms with van der Waals surface area (Å²) in [6.07, 6.45) is 1.50. The fourth-order valence-corrected chi connectivity index (χ4v) is 1.63. The second kappa shape index (κ2) is 6.51. The largest absolute Gasteiger partial charge is 0.323 e. The summed E-state index contributed by atoms with van der Waals surface area (Å²) in [7, 11) is 1.64. The molecule has 0 aliphatic rings. The van der Waals surface area contributed by atoms with E-state index in [1.165, 1.54) is 18.0 Å². The lowest BCUT2D eigenvalue weighted by Gasteiger charge is -2.14. The predicted molar refractivity (Wildman–Crippen MR) is 82.4 cm³/mol. The first-order valence-corrected chi connectivity index (χ1v) is 6.39. The smallest absolute Gasteiger partial charge is 0.308 e. The molecule has 2 rings (SSSR count). The van der Waals surface area contributed by atoms with E-state index in [1.807, 2.05) is 18.2 Å². The molecule has 0 fully saturated rings. The Morgan fingerprint density at radius 1 is 1.00 bits per heavy atom. The van der Waals surface area contributed by atoms with Crippen LogP contribution in [0.25, 0.3) is 0 Å². The Kier molecular flexibility index (Phi) is 4.50. The lowest BCUT2D eigenvalue weighted by molar-refractivity contribution is -0.116. The second-order valence-electron chi connectivity index (χ2n) is 4.43. The summed E-state index contributed by atoms with van der Waals surface area (Å²) >= 11 is 0. The SMILES string of the molecule is CC(=O)N(C)c1ccc(NC(=O)Nc2ccccc2)cn1. The summed E-state index contributed by atoms with van der Waals surface area (Å²) in [5.74, 6) is 0.418. The van der Waals surface area contributed by atoms with Crippen LogP contribution in [0, 0.1) is 0 Å². The molecule has 0 unspecified atom stereocenters. The number of benzene rings is 1. The summed E-state index contributed by atoms with van der Waals surface area (Å²) < 4.78 is 0. The summed E-state index contributed by atoms with van der Waals surface area (Å²) in [6.45, 7) is 1.46. The molecule has 0 bridgehead atoms. The molecule has 0 atom stereocenters. The Bertz CT molecular complexity index is 626. The fraction of sp³-hybridized carbons (Fsp3) is 0.133. The normalized spacial score (nSPS) is 9.81. The average Bonchev–Trinajstić information content (AvgIpc) is 2.48. The number of urea groups is 1. The number of aromatic nitrogens is 1. The van der Waals surface area contributed by atoms with Crippen LogP contribution in [-0.2, 0) is 4.79 Å². The van der Waals surface area contributed by atoms with Crippen LogP contribution in [0.3, 0.4) is 0 Å². The highest BCUT2D eigenvalue weighted by molar-refractivity contribution is 5.99. The predicted octanol–water partition coefficient (Wildman–Crippen LogP) is 2.71. The maximum atomic E-state index is 11.8. The van der Waals surface area contributed by atoms with Crippen molar-refractivity contribution in [2.75, 3.05) is 22.6 Å². The van der Waals surface area contributed by atoms with Crippen LogP contribution >= 0.6 is 0 Å². The summed E-state index contributed by atoms with van der Waals surface area (Å²) in [5.41, 5.74) is 1.25. The minimum atomic E-state index is -0.351. The van der Waals surface area contributed by atoms with Crippen LogP contribution in [0.4, 0.5) is 22.0 Å². The first-order valence-electron chi connectivity index (χ1n) is 6.39. The van der Waals surface area contributed by atoms with Crippen molar-refractivity contribution in [2.45, 2.75) is 6.92 Å². The maximum Gasteiger partial charge on any atom is 0.323 e. The van der Waals surface area contributed by atoms with E-state index < -0.39 is 0 Å². The highest BCUT2D eigenvalue weighted by atomic mass is 16.2. The first kappa shape index (κ1) is 14.5. The molecule has 0 aliphatic carbocycles. The van der Waals surface area contributed by atoms with E-state index >= 15 is 0 Å². The van der Waals surface area contributed by atoms with Crippen molar-refractivity contribution in [1.29, 1.82) is 0 Å². The number of nitrogens with one attached hydrogen (secondary N) is 2. The highest BCUT2D eigenvalue weighted by Gasteiger charge is 2.07. The topological polar surface area (TPSA) is 74.3 Å². The Morgan fingerprint density at radius 2 is 1.67 bits per heavy atom. The van der Waals surface area contributed by atoms with Crippen molar-refractivity contribution in [3.63, 3.8) is 0 Å². The van der Waals surface area contributed by atoms with E-state index in [4.69, 9.17) is 0 Å². The molecule has 0 saturated heterocycles. The molecule has 1 aromatic heterocycles. The third-order valence-corrected chi connectivity index (χ3v) is 2.85. The van der Waals surface area contributed by atoms with Crippen LogP contribution in [0.15, 0.2) is 48.7 Å². The van der Waals surface area contributed by atoms with Crippen molar-refractivity contribution >= 4 is 29.1 Å². The van der Waals surface area contributed by atoms with Gasteiger partial charge in [0.1, 0.15) is 5.82 Å². The summed E-state index contributed by atoms with van der Waals surface area (Å²) in [4.78, 5) is 28.6. The number of hydrogen-bond acceptors (Lipinski definition) is 3. The van der Waals surface area contributed by atoms with Gasteiger partial charge in [0.2, 0.25) is 5.91 Å². The zero-order valence-electron chi connectivity index (χ0n) is 11.8. The number of amides is 3. The summed E-state index contributed by atoms with van der Waals surface area (Å²) in [6, 6.07) is 12.1. The molecular formula is C15H16N4O2. The van der Waals surface area contributed by atoms with Crippen LogP contribution in [0.5, 0.6) is 0 Å². The zero-order chi connectivity index (χ0) is 15.2. The Morgan fingerprint density at radius 3 is 2.24 bits per heavy atom. The van der Waals surface area contributed by atoms with E-state index in [1.54, 1.807) is 31.3 Å². The molecular weight excluding hydrogens is 268 g/mol. The van der Waals surface area contributed by atoms with Crippen molar-refractivity contribution in [2.24, 2.45) is 0 Å². The lowest BCUT2D eigenvalue weighted by atomic mass is 10.3. The van der Waals surface area contributed by atoms with Gasteiger partial charge in [0, 0.05) is 19.7 Å². The number of hydrogen-bond donors (Lipinski definition) is 2. The van der Waals surface area contributed by atoms with E-state index in [2.05, 4.69) is 15.6 Å². The fourth-order valence-electron chi connectivity index (χ4n) is 1.63. The lowest BCUT2D eigenvalue weighted by Crippen LogP contribution is -2.24. The minimum Gasteiger partial charge on any atom is -0.308 e. The van der Waals surface area contributed by atoms with Gasteiger partial charge in [-0.15, -0.1) is 0 Å². The number of carbonyl (C=O) groups excluding carboxylic acids is 2. The van der Waals surface area contributed by atoms with Gasteiger partial charge in [-0.3, -0.25) is 4.79 Å². The van der Waals surface area contributed by atoms with Crippen molar-refractivity contribution in [3.05, 3.63) is 48.7 Å². The van der Waals surface area contributed by atoms with Gasteiger partial charge >= 0.3 is 6.03 Å². The van der Waals surface area contributed by atoms with Gasteiger partial charge in [0.15, 0.2) is 0 Å². The number of pyridine rings is 1. The number of carbonyl (C=O) groups is 2. The van der Waals surface area contributed by atoms with Gasteiger partial charge < -0.3 is 15.5 Å². The molecule has 108 valence electrons. The van der Waals surface area contributed by atoms with Gasteiger partial charge in [0.25, 0.3) is 0 Å². The molecule has 0 spiro atoms. The maximum absolute atomic E-state index is 11.8. The van der Waals surface area contributed by atoms with E-state index in [0.717, 1.165) is 0 Å². The molecule has 1 heterocycles. The van der Waals surface area contributed by atoms with Crippen LogP contribution in [-0.4, -0.2) is 24.0 Å². The molecule has 6 heteroatoms. The van der Waals surface area contributed by atoms with Crippen LogP contribution in [0.2, 0.25) is 0 Å². The summed E-state index contributed by atoms with van der Waals surface area (Å²) in [5, 5.41) is 5.37. The number of para-hydroxylation sites is 1. The van der Waals surface area contributed by atoms with Gasteiger partial charge in [-0.2, -0.15) is 0 Å². The third kappa shape index (κ3) is 4.04. The van der Waals surface area contributed by atoms with Crippen LogP contribution < -0.4 is 15.5 Å². The average molecular weight is 284 g/mol. The van der Waals surface area contributed by atoms with E-state index in [-0.39, 0.29) is 11.9 Å². The first-order chi connectivity index (χ1) is 10.1. The van der Waals surface area contributed by atoms with E-state index in [0.29, 0.717) is 17.2 Å². The van der Waals surface area contributed by atoms with Crippen molar-refractivity contribution < 1.29 is 9.59 Å². The molecule has 0 aliphatic heterocycles. The van der Waals surface area contributed by atoms with Gasteiger partial charge in [-0.1, -0.05) is 18.2 Å². The molecule has 0 saturated carbocycles. The second-order valence-corrected chi connectivity index (χ2v) is 4.43. The van der Waals surface area contributed by atoms with Crippen LogP contribution in [0.1, 0.15) is 6.92 Å². The van der Waals surface area contributed by atoms with E-state index in [9.17, 15) is 9.59 Å². The molecule has 21 heavy (non-hydrogen) atoms. The molecule has 6 nitrogen and oxygen atoms in total. The Hall–Kier alpha value is -2.89. The standard InChI is InChI=1S/C15H16N4O2/c1-11(20)19(2)14-9-8-13(10-16-14)18-15(21)17-12-6-4-3-5-7-12/h3-10H,1-2H3,(H2,17,18,21). The Labute approximate surface area is 122 Å². The third-order valence-electron chi connectivity index (χ3n) is 2.85. The number of anilines is 3. The van der Waals surface area contributed by atoms with Gasteiger partial charge in [-0.05, 0) is 24.3 Å². The molecule has 2 aromatic rings. The number of nitrogens with zero attached hydrogens (tertiary/aromatic N) is 2. The minimum absolute atomic E-state index is 0.106. The monoisotopic (exact) mass is 284 g/mol. The van der Waals surface area contributed by atoms with Gasteiger partial charge in [0.05, 0.1) is 11.9 Å². The number of rotatable bonds is 3. The van der Waals surface area contributed by atoms with Crippen molar-refractivity contribution in [1.82, 2.24) is 4.98 Å². The molecule has 1 aromatic carbocycles. The van der Waals surface area contributed by atoms with Crippen molar-refractivity contribution in [3.8, 4) is 0 Å². The highest BCUT2D eigenvalue weighted by Crippen LogP contribution is 2.13. The Balaban J connectivity index is 1.97. The van der Waals surface area contributed by atoms with Gasteiger partial charge in [-0.25, -0.2) is 9.78 Å². The molecule has 2 N–H and O–H groups in total. The molecule has 0 radical (unpaired) electrons. The zero-order valence-corrected chi connectivity index (χ0v) is 11.8. The quantitative estimate of drug-likeness (QED) is 0.910. The molecule has 3 amide bonds.